The molecule has 55 heavy (non-hydrogen) atoms. The van der Waals surface area contributed by atoms with Crippen LogP contribution in [-0.2, 0) is 0 Å². The first-order chi connectivity index (χ1) is 27.1. The smallest absolute Gasteiger partial charge is 0.0623 e. The average molecular weight is 715 g/mol. The third-order valence-corrected chi connectivity index (χ3v) is 15.8. The molecule has 0 atom stereocenters. The molecule has 0 fully saturated rings. The molecule has 0 aromatic heterocycles. The third kappa shape index (κ3) is 4.76. The van der Waals surface area contributed by atoms with Gasteiger partial charge in [0.15, 0.2) is 0 Å². The first kappa shape index (κ1) is 31.9. The van der Waals surface area contributed by atoms with E-state index in [-0.39, 0.29) is 0 Å². The van der Waals surface area contributed by atoms with Gasteiger partial charge >= 0.3 is 0 Å². The van der Waals surface area contributed by atoms with Crippen LogP contribution in [0.2, 0.25) is 13.1 Å². The number of benzene rings is 10. The predicted molar refractivity (Wildman–Crippen MR) is 240 cm³/mol. The Labute approximate surface area is 323 Å². The number of hydrogen-bond donors (Lipinski definition) is 0. The second kappa shape index (κ2) is 12.2. The van der Waals surface area contributed by atoms with Crippen LogP contribution in [0.25, 0.3) is 98.7 Å². The number of fused-ring (bicyclic) bond motifs is 7. The van der Waals surface area contributed by atoms with Crippen molar-refractivity contribution in [2.75, 3.05) is 0 Å². The van der Waals surface area contributed by atoms with Gasteiger partial charge in [0.2, 0.25) is 0 Å². The minimum Gasteiger partial charge on any atom is -0.0623 e. The zero-order chi connectivity index (χ0) is 36.7. The first-order valence-corrected chi connectivity index (χ1v) is 22.4. The lowest BCUT2D eigenvalue weighted by Gasteiger charge is -2.24. The lowest BCUT2D eigenvalue weighted by Crippen LogP contribution is -2.49. The van der Waals surface area contributed by atoms with Crippen LogP contribution in [0, 0.1) is 0 Å². The van der Waals surface area contributed by atoms with Crippen LogP contribution in [0.4, 0.5) is 0 Å². The van der Waals surface area contributed by atoms with Gasteiger partial charge < -0.3 is 0 Å². The van der Waals surface area contributed by atoms with Gasteiger partial charge in [0.1, 0.15) is 8.07 Å². The summed E-state index contributed by atoms with van der Waals surface area (Å²) in [4.78, 5) is 0. The molecule has 0 saturated carbocycles. The van der Waals surface area contributed by atoms with E-state index in [1.807, 2.05) is 0 Å². The highest BCUT2D eigenvalue weighted by Crippen LogP contribution is 2.50. The Morgan fingerprint density at radius 2 is 0.636 bits per heavy atom. The molecule has 1 aliphatic heterocycles. The van der Waals surface area contributed by atoms with Crippen molar-refractivity contribution in [2.45, 2.75) is 13.1 Å². The van der Waals surface area contributed by atoms with Crippen LogP contribution in [0.15, 0.2) is 194 Å². The van der Waals surface area contributed by atoms with E-state index in [9.17, 15) is 0 Å². The van der Waals surface area contributed by atoms with E-state index in [1.54, 1.807) is 0 Å². The Kier molecular flexibility index (Phi) is 7.11. The van der Waals surface area contributed by atoms with Crippen molar-refractivity contribution in [2.24, 2.45) is 0 Å². The Hall–Kier alpha value is -6.54. The molecule has 258 valence electrons. The SMILES string of the molecule is C[Si]1(C)c2ccccc2-c2cc3c(-c4ccccc4-c4cccc5ccccc45)c4ccccc4c(-c4ccccc4-c4cccc5ccccc45)c3cc21. The monoisotopic (exact) mass is 714 g/mol. The van der Waals surface area contributed by atoms with E-state index in [4.69, 9.17) is 0 Å². The first-order valence-electron chi connectivity index (χ1n) is 19.4. The topological polar surface area (TPSA) is 0 Å². The van der Waals surface area contributed by atoms with Crippen molar-refractivity contribution in [3.05, 3.63) is 194 Å². The molecule has 0 radical (unpaired) electrons. The highest BCUT2D eigenvalue weighted by Gasteiger charge is 2.38. The van der Waals surface area contributed by atoms with E-state index in [0.29, 0.717) is 0 Å². The summed E-state index contributed by atoms with van der Waals surface area (Å²) < 4.78 is 0. The van der Waals surface area contributed by atoms with Crippen molar-refractivity contribution in [3.63, 3.8) is 0 Å². The zero-order valence-corrected chi connectivity index (χ0v) is 32.0. The molecule has 10 aromatic carbocycles. The summed E-state index contributed by atoms with van der Waals surface area (Å²) in [5, 5.41) is 13.3. The summed E-state index contributed by atoms with van der Waals surface area (Å²) in [6, 6.07) is 72.7. The van der Waals surface area contributed by atoms with E-state index in [1.165, 1.54) is 109 Å². The van der Waals surface area contributed by atoms with E-state index >= 15 is 0 Å². The molecule has 1 aliphatic rings. The van der Waals surface area contributed by atoms with Crippen molar-refractivity contribution in [3.8, 4) is 55.6 Å². The zero-order valence-electron chi connectivity index (χ0n) is 31.0. The summed E-state index contributed by atoms with van der Waals surface area (Å²) in [6.07, 6.45) is 0. The summed E-state index contributed by atoms with van der Waals surface area (Å²) in [5.41, 5.74) is 13.0. The molecule has 0 saturated heterocycles. The Balaban J connectivity index is 1.31. The third-order valence-electron chi connectivity index (χ3n) is 12.3. The molecule has 0 amide bonds. The predicted octanol–water partition coefficient (Wildman–Crippen LogP) is 13.8. The van der Waals surface area contributed by atoms with Crippen LogP contribution in [0.5, 0.6) is 0 Å². The van der Waals surface area contributed by atoms with Crippen LogP contribution < -0.4 is 10.4 Å². The van der Waals surface area contributed by atoms with Crippen LogP contribution in [0.3, 0.4) is 0 Å². The van der Waals surface area contributed by atoms with Gasteiger partial charge in [0.25, 0.3) is 0 Å². The molecule has 1 heteroatoms. The second-order valence-corrected chi connectivity index (χ2v) is 19.9. The molecule has 0 nitrogen and oxygen atoms in total. The summed E-state index contributed by atoms with van der Waals surface area (Å²) >= 11 is 0. The highest BCUT2D eigenvalue weighted by atomic mass is 28.3. The van der Waals surface area contributed by atoms with Crippen molar-refractivity contribution < 1.29 is 0 Å². The molecular formula is C54H38Si. The fourth-order valence-corrected chi connectivity index (χ4v) is 12.8. The summed E-state index contributed by atoms with van der Waals surface area (Å²) in [6.45, 7) is 5.07. The van der Waals surface area contributed by atoms with Crippen molar-refractivity contribution >= 4 is 61.5 Å². The Bertz CT molecular complexity index is 3170. The fraction of sp³-hybridized carbons (Fsp3) is 0.0370. The van der Waals surface area contributed by atoms with Gasteiger partial charge in [-0.15, -0.1) is 0 Å². The maximum Gasteiger partial charge on any atom is 0.113 e. The summed E-state index contributed by atoms with van der Waals surface area (Å²) in [7, 11) is -1.99. The van der Waals surface area contributed by atoms with Gasteiger partial charge in [0, 0.05) is 0 Å². The maximum absolute atomic E-state index is 2.61. The normalized spacial score (nSPS) is 13.1. The van der Waals surface area contributed by atoms with Crippen LogP contribution in [-0.4, -0.2) is 8.07 Å². The highest BCUT2D eigenvalue weighted by molar-refractivity contribution is 7.04. The molecule has 0 unspecified atom stereocenters. The van der Waals surface area contributed by atoms with Gasteiger partial charge in [-0.2, -0.15) is 0 Å². The molecule has 0 N–H and O–H groups in total. The van der Waals surface area contributed by atoms with Crippen LogP contribution >= 0.6 is 0 Å². The molecule has 1 heterocycles. The molecular weight excluding hydrogens is 677 g/mol. The standard InChI is InChI=1S/C54H38Si/c1-55(2)51-32-14-13-25-43(51)48-33-49-50(34-52(48)55)54(45-27-10-8-24-42(45)40-31-16-20-36-18-4-6-22-38(36)40)47-29-12-11-28-46(47)53(49)44-26-9-7-23-41(44)39-30-15-19-35-17-3-5-21-37(35)39/h3-34H,1-2H3. The number of hydrogen-bond acceptors (Lipinski definition) is 0. The van der Waals surface area contributed by atoms with Crippen LogP contribution in [0.1, 0.15) is 0 Å². The van der Waals surface area contributed by atoms with E-state index in [2.05, 4.69) is 207 Å². The van der Waals surface area contributed by atoms with E-state index < -0.39 is 8.07 Å². The Morgan fingerprint density at radius 3 is 1.18 bits per heavy atom. The van der Waals surface area contributed by atoms with Gasteiger partial charge in [-0.25, -0.2) is 0 Å². The summed E-state index contributed by atoms with van der Waals surface area (Å²) in [5.74, 6) is 0. The minimum absolute atomic E-state index is 1.25. The molecule has 11 rings (SSSR count). The lowest BCUT2D eigenvalue weighted by atomic mass is 9.81. The van der Waals surface area contributed by atoms with E-state index in [0.717, 1.165) is 0 Å². The molecule has 0 bridgehead atoms. The minimum atomic E-state index is -1.99. The fourth-order valence-electron chi connectivity index (χ4n) is 9.74. The number of rotatable bonds is 4. The Morgan fingerprint density at radius 1 is 0.255 bits per heavy atom. The average Bonchev–Trinajstić information content (AvgIpc) is 3.46. The van der Waals surface area contributed by atoms with Gasteiger partial charge in [-0.05, 0) is 115 Å². The van der Waals surface area contributed by atoms with Gasteiger partial charge in [-0.1, -0.05) is 201 Å². The van der Waals surface area contributed by atoms with Gasteiger partial charge in [-0.3, -0.25) is 0 Å². The quantitative estimate of drug-likeness (QED) is 0.126. The van der Waals surface area contributed by atoms with Crippen molar-refractivity contribution in [1.82, 2.24) is 0 Å². The lowest BCUT2D eigenvalue weighted by molar-refractivity contribution is 1.62. The second-order valence-electron chi connectivity index (χ2n) is 15.6. The molecule has 0 spiro atoms. The largest absolute Gasteiger partial charge is 0.113 e. The van der Waals surface area contributed by atoms with Gasteiger partial charge in [0.05, 0.1) is 0 Å². The van der Waals surface area contributed by atoms with Crippen molar-refractivity contribution in [1.29, 1.82) is 0 Å². The molecule has 0 aliphatic carbocycles. The maximum atomic E-state index is 2.61. The molecule has 10 aromatic rings.